The standard InChI is InChI=1S/C17H19ClN2O4/c1-19-6-3-4-11(19)5-7-20-13-9-10(17(23)24-2)8-12(18)14(13)15(21)16(20)22/h8-9,11H,3-7H2,1-2H3. The lowest BCUT2D eigenvalue weighted by molar-refractivity contribution is -0.114. The maximum Gasteiger partial charge on any atom is 0.337 e. The monoisotopic (exact) mass is 350 g/mol. The molecule has 0 saturated carbocycles. The first kappa shape index (κ1) is 16.9. The number of hydrogen-bond donors (Lipinski definition) is 0. The lowest BCUT2D eigenvalue weighted by Crippen LogP contribution is -2.35. The van der Waals surface area contributed by atoms with E-state index in [1.54, 1.807) is 0 Å². The molecule has 2 aliphatic heterocycles. The first-order valence-electron chi connectivity index (χ1n) is 7.92. The van der Waals surface area contributed by atoms with Gasteiger partial charge in [-0.05, 0) is 45.0 Å². The molecule has 3 rings (SSSR count). The summed E-state index contributed by atoms with van der Waals surface area (Å²) in [6.45, 7) is 1.47. The number of esters is 1. The van der Waals surface area contributed by atoms with Crippen LogP contribution in [0.1, 0.15) is 40.0 Å². The first-order valence-corrected chi connectivity index (χ1v) is 8.30. The fraction of sp³-hybridized carbons (Fsp3) is 0.471. The molecule has 0 spiro atoms. The van der Waals surface area contributed by atoms with Crippen LogP contribution in [0.4, 0.5) is 5.69 Å². The predicted molar refractivity (Wildman–Crippen MR) is 89.7 cm³/mol. The Morgan fingerprint density at radius 1 is 1.38 bits per heavy atom. The Morgan fingerprint density at radius 3 is 2.75 bits per heavy atom. The van der Waals surface area contributed by atoms with E-state index >= 15 is 0 Å². The number of carbonyl (C=O) groups excluding carboxylic acids is 3. The van der Waals surface area contributed by atoms with E-state index in [1.165, 1.54) is 24.1 Å². The van der Waals surface area contributed by atoms with Gasteiger partial charge in [-0.2, -0.15) is 0 Å². The summed E-state index contributed by atoms with van der Waals surface area (Å²) in [5.41, 5.74) is 0.805. The minimum atomic E-state index is -0.619. The molecule has 0 bridgehead atoms. The van der Waals surface area contributed by atoms with Crippen molar-refractivity contribution >= 4 is 34.9 Å². The summed E-state index contributed by atoms with van der Waals surface area (Å²) in [4.78, 5) is 40.0. The Labute approximate surface area is 145 Å². The molecule has 128 valence electrons. The van der Waals surface area contributed by atoms with E-state index in [1.807, 2.05) is 0 Å². The second-order valence-corrected chi connectivity index (χ2v) is 6.60. The molecule has 6 nitrogen and oxygen atoms in total. The topological polar surface area (TPSA) is 66.9 Å². The second kappa shape index (κ2) is 6.53. The van der Waals surface area contributed by atoms with Crippen molar-refractivity contribution in [3.63, 3.8) is 0 Å². The van der Waals surface area contributed by atoms with Gasteiger partial charge in [-0.1, -0.05) is 11.6 Å². The van der Waals surface area contributed by atoms with Crippen LogP contribution >= 0.6 is 11.6 Å². The predicted octanol–water partition coefficient (Wildman–Crippen LogP) is 2.14. The lowest BCUT2D eigenvalue weighted by atomic mass is 10.1. The molecule has 1 amide bonds. The van der Waals surface area contributed by atoms with Crippen molar-refractivity contribution in [2.45, 2.75) is 25.3 Å². The SMILES string of the molecule is COC(=O)c1cc(Cl)c2c(c1)N(CCC1CCCN1C)C(=O)C2=O. The molecular formula is C17H19ClN2O4. The van der Waals surface area contributed by atoms with Gasteiger partial charge in [0, 0.05) is 12.6 Å². The quantitative estimate of drug-likeness (QED) is 0.615. The minimum absolute atomic E-state index is 0.103. The van der Waals surface area contributed by atoms with Gasteiger partial charge >= 0.3 is 5.97 Å². The number of halogens is 1. The summed E-state index contributed by atoms with van der Waals surface area (Å²) in [7, 11) is 3.34. The second-order valence-electron chi connectivity index (χ2n) is 6.20. The molecule has 7 heteroatoms. The summed E-state index contributed by atoms with van der Waals surface area (Å²) < 4.78 is 4.70. The van der Waals surface area contributed by atoms with Gasteiger partial charge < -0.3 is 14.5 Å². The molecule has 1 saturated heterocycles. The highest BCUT2D eigenvalue weighted by Gasteiger charge is 2.39. The molecule has 1 aromatic rings. The number of methoxy groups -OCH3 is 1. The largest absolute Gasteiger partial charge is 0.465 e. The Bertz CT molecular complexity index is 719. The lowest BCUT2D eigenvalue weighted by Gasteiger charge is -2.23. The number of carbonyl (C=O) groups is 3. The summed E-state index contributed by atoms with van der Waals surface area (Å²) >= 11 is 6.14. The zero-order valence-electron chi connectivity index (χ0n) is 13.7. The van der Waals surface area contributed by atoms with E-state index in [2.05, 4.69) is 11.9 Å². The highest BCUT2D eigenvalue weighted by atomic mass is 35.5. The minimum Gasteiger partial charge on any atom is -0.465 e. The van der Waals surface area contributed by atoms with E-state index < -0.39 is 17.7 Å². The van der Waals surface area contributed by atoms with Crippen LogP contribution in [0.2, 0.25) is 5.02 Å². The van der Waals surface area contributed by atoms with Gasteiger partial charge in [0.05, 0.1) is 28.9 Å². The van der Waals surface area contributed by atoms with Gasteiger partial charge in [-0.25, -0.2) is 4.79 Å². The Kier molecular flexibility index (Phi) is 4.60. The smallest absolute Gasteiger partial charge is 0.337 e. The van der Waals surface area contributed by atoms with Crippen molar-refractivity contribution < 1.29 is 19.1 Å². The summed E-state index contributed by atoms with van der Waals surface area (Å²) in [5.74, 6) is -1.76. The maximum atomic E-state index is 12.3. The highest BCUT2D eigenvalue weighted by molar-refractivity contribution is 6.55. The molecule has 1 fully saturated rings. The number of ketones is 1. The van der Waals surface area contributed by atoms with Gasteiger partial charge in [0.25, 0.3) is 11.7 Å². The van der Waals surface area contributed by atoms with Crippen molar-refractivity contribution in [3.05, 3.63) is 28.3 Å². The molecular weight excluding hydrogens is 332 g/mol. The fourth-order valence-electron chi connectivity index (χ4n) is 3.45. The number of hydrogen-bond acceptors (Lipinski definition) is 5. The average molecular weight is 351 g/mol. The van der Waals surface area contributed by atoms with Crippen LogP contribution in [0, 0.1) is 0 Å². The number of amides is 1. The zero-order chi connectivity index (χ0) is 17.4. The van der Waals surface area contributed by atoms with E-state index in [-0.39, 0.29) is 16.1 Å². The maximum absolute atomic E-state index is 12.3. The van der Waals surface area contributed by atoms with Crippen LogP contribution in [-0.2, 0) is 9.53 Å². The van der Waals surface area contributed by atoms with Crippen molar-refractivity contribution in [1.82, 2.24) is 4.90 Å². The molecule has 0 aromatic heterocycles. The number of ether oxygens (including phenoxy) is 1. The molecule has 0 N–H and O–H groups in total. The third-order valence-electron chi connectivity index (χ3n) is 4.81. The van der Waals surface area contributed by atoms with Gasteiger partial charge in [0.1, 0.15) is 0 Å². The number of Topliss-reactive ketones (excluding diaryl/α,β-unsaturated/α-hetero) is 1. The van der Waals surface area contributed by atoms with Crippen molar-refractivity contribution in [3.8, 4) is 0 Å². The van der Waals surface area contributed by atoms with Gasteiger partial charge in [0.2, 0.25) is 0 Å². The third kappa shape index (κ3) is 2.80. The summed E-state index contributed by atoms with van der Waals surface area (Å²) in [5, 5.41) is 0.103. The molecule has 2 heterocycles. The molecule has 2 aliphatic rings. The van der Waals surface area contributed by atoms with E-state index in [0.717, 1.165) is 25.8 Å². The number of benzene rings is 1. The van der Waals surface area contributed by atoms with Crippen LogP contribution in [0.3, 0.4) is 0 Å². The Morgan fingerprint density at radius 2 is 2.12 bits per heavy atom. The van der Waals surface area contributed by atoms with Crippen molar-refractivity contribution in [1.29, 1.82) is 0 Å². The van der Waals surface area contributed by atoms with Crippen LogP contribution in [-0.4, -0.2) is 55.8 Å². The molecule has 0 aliphatic carbocycles. The zero-order valence-corrected chi connectivity index (χ0v) is 14.4. The molecule has 1 unspecified atom stereocenters. The molecule has 1 aromatic carbocycles. The number of likely N-dealkylation sites (tertiary alicyclic amines) is 1. The number of rotatable bonds is 4. The van der Waals surface area contributed by atoms with E-state index in [9.17, 15) is 14.4 Å². The molecule has 0 radical (unpaired) electrons. The molecule has 1 atom stereocenters. The molecule has 24 heavy (non-hydrogen) atoms. The van der Waals surface area contributed by atoms with E-state index in [0.29, 0.717) is 18.3 Å². The highest BCUT2D eigenvalue weighted by Crippen LogP contribution is 2.36. The van der Waals surface area contributed by atoms with Crippen molar-refractivity contribution in [2.75, 3.05) is 32.1 Å². The van der Waals surface area contributed by atoms with Gasteiger partial charge in [-0.3, -0.25) is 9.59 Å². The third-order valence-corrected chi connectivity index (χ3v) is 5.10. The summed E-state index contributed by atoms with van der Waals surface area (Å²) in [6, 6.07) is 3.27. The fourth-order valence-corrected chi connectivity index (χ4v) is 3.75. The average Bonchev–Trinajstić information content (AvgIpc) is 3.07. The van der Waals surface area contributed by atoms with Gasteiger partial charge in [-0.15, -0.1) is 0 Å². The number of fused-ring (bicyclic) bond motifs is 1. The van der Waals surface area contributed by atoms with Crippen LogP contribution in [0.25, 0.3) is 0 Å². The number of nitrogens with zero attached hydrogens (tertiary/aromatic N) is 2. The van der Waals surface area contributed by atoms with Crippen LogP contribution in [0.15, 0.2) is 12.1 Å². The summed E-state index contributed by atoms with van der Waals surface area (Å²) in [6.07, 6.45) is 3.00. The van der Waals surface area contributed by atoms with Crippen LogP contribution in [0.5, 0.6) is 0 Å². The number of anilines is 1. The first-order chi connectivity index (χ1) is 11.4. The normalized spacial score (nSPS) is 20.6. The van der Waals surface area contributed by atoms with Crippen molar-refractivity contribution in [2.24, 2.45) is 0 Å². The Balaban J connectivity index is 1.89. The van der Waals surface area contributed by atoms with Crippen LogP contribution < -0.4 is 4.90 Å². The van der Waals surface area contributed by atoms with Gasteiger partial charge in [0.15, 0.2) is 0 Å². The van der Waals surface area contributed by atoms with E-state index in [4.69, 9.17) is 16.3 Å². The Hall–Kier alpha value is -1.92.